The summed E-state index contributed by atoms with van der Waals surface area (Å²) >= 11 is 0. The van der Waals surface area contributed by atoms with E-state index in [1.807, 2.05) is 24.3 Å². The van der Waals surface area contributed by atoms with Crippen LogP contribution in [0.5, 0.6) is 0 Å². The third kappa shape index (κ3) is 2.77. The van der Waals surface area contributed by atoms with Gasteiger partial charge >= 0.3 is 6.03 Å². The Balaban J connectivity index is 1.64. The summed E-state index contributed by atoms with van der Waals surface area (Å²) in [6.07, 6.45) is 1.29. The predicted molar refractivity (Wildman–Crippen MR) is 73.2 cm³/mol. The number of piperazine rings is 1. The minimum Gasteiger partial charge on any atom is -0.423 e. The number of hydrogen-bond donors (Lipinski definition) is 2. The van der Waals surface area contributed by atoms with Crippen molar-refractivity contribution in [2.45, 2.75) is 0 Å². The molecular weight excluding hydrogens is 258 g/mol. The fourth-order valence-electron chi connectivity index (χ4n) is 2.07. The van der Waals surface area contributed by atoms with Crippen LogP contribution in [0.3, 0.4) is 0 Å². The van der Waals surface area contributed by atoms with Gasteiger partial charge in [0.05, 0.1) is 0 Å². The minimum absolute atomic E-state index is 0.0722. The molecule has 0 aliphatic carbocycles. The Bertz CT molecular complexity index is 561. The number of anilines is 1. The Kier molecular flexibility index (Phi) is 3.60. The van der Waals surface area contributed by atoms with E-state index in [1.165, 1.54) is 6.39 Å². The number of hydrogen-bond acceptors (Lipinski definition) is 5. The maximum absolute atomic E-state index is 12.0. The van der Waals surface area contributed by atoms with Gasteiger partial charge in [0, 0.05) is 37.4 Å². The van der Waals surface area contributed by atoms with Crippen LogP contribution in [-0.4, -0.2) is 47.3 Å². The van der Waals surface area contributed by atoms with E-state index >= 15 is 0 Å². The van der Waals surface area contributed by atoms with Crippen molar-refractivity contribution in [2.75, 3.05) is 31.5 Å². The maximum Gasteiger partial charge on any atom is 0.321 e. The summed E-state index contributed by atoms with van der Waals surface area (Å²) in [6, 6.07) is 7.23. The zero-order valence-corrected chi connectivity index (χ0v) is 10.9. The highest BCUT2D eigenvalue weighted by atomic mass is 16.4. The normalized spacial score (nSPS) is 15.1. The Morgan fingerprint density at radius 1 is 1.25 bits per heavy atom. The SMILES string of the molecule is O=C(Nc1ccc(-c2nnco2)cc1)N1CCNCC1. The van der Waals surface area contributed by atoms with E-state index in [0.717, 1.165) is 37.4 Å². The van der Waals surface area contributed by atoms with Gasteiger partial charge in [-0.3, -0.25) is 0 Å². The standard InChI is InChI=1S/C13H15N5O2/c19-13(18-7-5-14-6-8-18)16-11-3-1-10(2-4-11)12-17-15-9-20-12/h1-4,9,14H,5-8H2,(H,16,19). The molecule has 0 unspecified atom stereocenters. The average Bonchev–Trinajstić information content (AvgIpc) is 3.03. The van der Waals surface area contributed by atoms with Crippen LogP contribution in [0.4, 0.5) is 10.5 Å². The topological polar surface area (TPSA) is 83.3 Å². The molecule has 2 heterocycles. The molecule has 1 fully saturated rings. The van der Waals surface area contributed by atoms with E-state index in [0.29, 0.717) is 5.89 Å². The lowest BCUT2D eigenvalue weighted by atomic mass is 10.2. The van der Waals surface area contributed by atoms with Crippen molar-refractivity contribution in [3.8, 4) is 11.5 Å². The molecule has 20 heavy (non-hydrogen) atoms. The maximum atomic E-state index is 12.0. The second-order valence-electron chi connectivity index (χ2n) is 4.49. The number of carbonyl (C=O) groups excluding carboxylic acids is 1. The van der Waals surface area contributed by atoms with Crippen LogP contribution in [-0.2, 0) is 0 Å². The zero-order chi connectivity index (χ0) is 13.8. The summed E-state index contributed by atoms with van der Waals surface area (Å²) in [7, 11) is 0. The van der Waals surface area contributed by atoms with Gasteiger partial charge in [-0.05, 0) is 24.3 Å². The smallest absolute Gasteiger partial charge is 0.321 e. The van der Waals surface area contributed by atoms with E-state index < -0.39 is 0 Å². The summed E-state index contributed by atoms with van der Waals surface area (Å²) in [4.78, 5) is 13.8. The van der Waals surface area contributed by atoms with E-state index in [4.69, 9.17) is 4.42 Å². The van der Waals surface area contributed by atoms with Crippen LogP contribution < -0.4 is 10.6 Å². The van der Waals surface area contributed by atoms with Gasteiger partial charge in [0.15, 0.2) is 0 Å². The van der Waals surface area contributed by atoms with Gasteiger partial charge in [-0.2, -0.15) is 0 Å². The zero-order valence-electron chi connectivity index (χ0n) is 10.9. The highest BCUT2D eigenvalue weighted by Crippen LogP contribution is 2.19. The third-order valence-electron chi connectivity index (χ3n) is 3.15. The molecule has 2 aromatic rings. The lowest BCUT2D eigenvalue weighted by Crippen LogP contribution is -2.48. The van der Waals surface area contributed by atoms with Crippen LogP contribution in [0.1, 0.15) is 0 Å². The summed E-state index contributed by atoms with van der Waals surface area (Å²) in [5.74, 6) is 0.463. The number of nitrogens with one attached hydrogen (secondary N) is 2. The Labute approximate surface area is 116 Å². The first kappa shape index (κ1) is 12.6. The van der Waals surface area contributed by atoms with Crippen molar-refractivity contribution in [1.29, 1.82) is 0 Å². The van der Waals surface area contributed by atoms with Gasteiger partial charge in [-0.1, -0.05) is 0 Å². The fraction of sp³-hybridized carbons (Fsp3) is 0.308. The molecule has 7 heteroatoms. The lowest BCUT2D eigenvalue weighted by molar-refractivity contribution is 0.204. The second kappa shape index (κ2) is 5.70. The van der Waals surface area contributed by atoms with Crippen molar-refractivity contribution in [2.24, 2.45) is 0 Å². The van der Waals surface area contributed by atoms with E-state index in [2.05, 4.69) is 20.8 Å². The van der Waals surface area contributed by atoms with Crippen LogP contribution in [0.25, 0.3) is 11.5 Å². The second-order valence-corrected chi connectivity index (χ2v) is 4.49. The highest BCUT2D eigenvalue weighted by molar-refractivity contribution is 5.89. The molecular formula is C13H15N5O2. The predicted octanol–water partition coefficient (Wildman–Crippen LogP) is 1.17. The summed E-state index contributed by atoms with van der Waals surface area (Å²) in [6.45, 7) is 3.13. The number of aromatic nitrogens is 2. The molecule has 2 amide bonds. The number of amides is 2. The average molecular weight is 273 g/mol. The molecule has 0 saturated carbocycles. The molecule has 2 N–H and O–H groups in total. The van der Waals surface area contributed by atoms with Gasteiger partial charge in [0.1, 0.15) is 0 Å². The number of nitrogens with zero attached hydrogens (tertiary/aromatic N) is 3. The molecule has 1 aliphatic rings. The molecule has 7 nitrogen and oxygen atoms in total. The van der Waals surface area contributed by atoms with Crippen LogP contribution >= 0.6 is 0 Å². The molecule has 0 atom stereocenters. The van der Waals surface area contributed by atoms with Gasteiger partial charge in [-0.15, -0.1) is 10.2 Å². The Hall–Kier alpha value is -2.41. The molecule has 1 aliphatic heterocycles. The molecule has 0 spiro atoms. The number of carbonyl (C=O) groups is 1. The Morgan fingerprint density at radius 3 is 2.65 bits per heavy atom. The highest BCUT2D eigenvalue weighted by Gasteiger charge is 2.15. The first-order valence-electron chi connectivity index (χ1n) is 6.46. The van der Waals surface area contributed by atoms with Crippen molar-refractivity contribution in [3.05, 3.63) is 30.7 Å². The molecule has 1 aromatic carbocycles. The van der Waals surface area contributed by atoms with Gasteiger partial charge in [0.2, 0.25) is 12.3 Å². The molecule has 3 rings (SSSR count). The number of rotatable bonds is 2. The van der Waals surface area contributed by atoms with Crippen molar-refractivity contribution < 1.29 is 9.21 Å². The Morgan fingerprint density at radius 2 is 2.00 bits per heavy atom. The quantitative estimate of drug-likeness (QED) is 0.858. The van der Waals surface area contributed by atoms with Crippen molar-refractivity contribution in [3.63, 3.8) is 0 Å². The first-order valence-corrected chi connectivity index (χ1v) is 6.46. The van der Waals surface area contributed by atoms with E-state index in [9.17, 15) is 4.79 Å². The summed E-state index contributed by atoms with van der Waals surface area (Å²) in [5, 5.41) is 13.6. The van der Waals surface area contributed by atoms with Crippen LogP contribution in [0.15, 0.2) is 35.1 Å². The minimum atomic E-state index is -0.0722. The molecule has 0 radical (unpaired) electrons. The van der Waals surface area contributed by atoms with Gasteiger partial charge in [-0.25, -0.2) is 4.79 Å². The summed E-state index contributed by atoms with van der Waals surface area (Å²) < 4.78 is 5.11. The number of benzene rings is 1. The van der Waals surface area contributed by atoms with Gasteiger partial charge < -0.3 is 20.0 Å². The van der Waals surface area contributed by atoms with E-state index in [1.54, 1.807) is 4.90 Å². The third-order valence-corrected chi connectivity index (χ3v) is 3.15. The van der Waals surface area contributed by atoms with Crippen molar-refractivity contribution in [1.82, 2.24) is 20.4 Å². The largest absolute Gasteiger partial charge is 0.423 e. The molecule has 104 valence electrons. The monoisotopic (exact) mass is 273 g/mol. The number of urea groups is 1. The first-order chi connectivity index (χ1) is 9.83. The van der Waals surface area contributed by atoms with Gasteiger partial charge in [0.25, 0.3) is 0 Å². The van der Waals surface area contributed by atoms with Crippen LogP contribution in [0, 0.1) is 0 Å². The van der Waals surface area contributed by atoms with Crippen LogP contribution in [0.2, 0.25) is 0 Å². The fourth-order valence-corrected chi connectivity index (χ4v) is 2.07. The molecule has 1 aromatic heterocycles. The lowest BCUT2D eigenvalue weighted by Gasteiger charge is -2.27. The summed E-state index contributed by atoms with van der Waals surface area (Å²) in [5.41, 5.74) is 1.57. The van der Waals surface area contributed by atoms with E-state index in [-0.39, 0.29) is 6.03 Å². The molecule has 0 bridgehead atoms. The van der Waals surface area contributed by atoms with Crippen molar-refractivity contribution >= 4 is 11.7 Å². The molecule has 1 saturated heterocycles.